The number of nitro groups is 1. The first kappa shape index (κ1) is 18.1. The number of carbonyl (C=O) groups excluding carboxylic acids is 1. The van der Waals surface area contributed by atoms with Gasteiger partial charge in [0.05, 0.1) is 11.5 Å². The number of para-hydroxylation sites is 1. The van der Waals surface area contributed by atoms with Gasteiger partial charge in [-0.3, -0.25) is 19.8 Å². The van der Waals surface area contributed by atoms with Crippen LogP contribution in [0.5, 0.6) is 0 Å². The van der Waals surface area contributed by atoms with Crippen LogP contribution in [0.4, 0.5) is 5.69 Å². The first-order valence-electron chi connectivity index (χ1n) is 7.59. The summed E-state index contributed by atoms with van der Waals surface area (Å²) in [6.07, 6.45) is 0. The van der Waals surface area contributed by atoms with E-state index >= 15 is 0 Å². The summed E-state index contributed by atoms with van der Waals surface area (Å²) >= 11 is 0. The molecular weight excluding hydrogens is 282 g/mol. The first-order chi connectivity index (χ1) is 10.3. The zero-order valence-electron chi connectivity index (χ0n) is 13.7. The zero-order chi connectivity index (χ0) is 16.7. The van der Waals surface area contributed by atoms with Gasteiger partial charge in [-0.15, -0.1) is 0 Å². The topological polar surface area (TPSA) is 75.5 Å². The van der Waals surface area contributed by atoms with Crippen LogP contribution in [-0.4, -0.2) is 34.9 Å². The van der Waals surface area contributed by atoms with Crippen molar-refractivity contribution in [3.8, 4) is 0 Å². The minimum absolute atomic E-state index is 0.0540. The van der Waals surface area contributed by atoms with Gasteiger partial charge in [0.15, 0.2) is 0 Å². The molecule has 0 heterocycles. The fourth-order valence-electron chi connectivity index (χ4n) is 2.01. The van der Waals surface area contributed by atoms with Crippen molar-refractivity contribution in [1.82, 2.24) is 10.2 Å². The monoisotopic (exact) mass is 307 g/mol. The quantitative estimate of drug-likeness (QED) is 0.591. The normalized spacial score (nSPS) is 12.5. The molecule has 0 aromatic heterocycles. The average Bonchev–Trinajstić information content (AvgIpc) is 2.46. The highest BCUT2D eigenvalue weighted by Crippen LogP contribution is 2.19. The lowest BCUT2D eigenvalue weighted by Gasteiger charge is -2.23. The summed E-state index contributed by atoms with van der Waals surface area (Å²) in [5, 5.41) is 14.0. The fraction of sp³-hybridized carbons (Fsp3) is 0.562. The molecule has 1 rings (SSSR count). The van der Waals surface area contributed by atoms with Crippen molar-refractivity contribution in [1.29, 1.82) is 0 Å². The molecule has 6 heteroatoms. The molecule has 0 aliphatic heterocycles. The molecule has 0 bridgehead atoms. The third-order valence-electron chi connectivity index (χ3n) is 3.79. The predicted molar refractivity (Wildman–Crippen MR) is 86.5 cm³/mol. The highest BCUT2D eigenvalue weighted by molar-refractivity contribution is 5.78. The van der Waals surface area contributed by atoms with Gasteiger partial charge in [-0.05, 0) is 19.4 Å². The standard InChI is InChI=1S/C16H25N3O3/c1-5-18(11-16(20)17-13(4)12(2)3)10-14-8-6-7-9-15(14)19(21)22/h6-9,12-13H,5,10-11H2,1-4H3,(H,17,20). The van der Waals surface area contributed by atoms with Crippen molar-refractivity contribution in [3.05, 3.63) is 39.9 Å². The second-order valence-corrected chi connectivity index (χ2v) is 5.79. The molecule has 1 amide bonds. The van der Waals surface area contributed by atoms with Gasteiger partial charge in [-0.1, -0.05) is 39.0 Å². The van der Waals surface area contributed by atoms with Crippen molar-refractivity contribution in [2.75, 3.05) is 13.1 Å². The Labute approximate surface area is 131 Å². The van der Waals surface area contributed by atoms with Crippen molar-refractivity contribution in [2.24, 2.45) is 5.92 Å². The van der Waals surface area contributed by atoms with Gasteiger partial charge >= 0.3 is 0 Å². The number of hydrogen-bond acceptors (Lipinski definition) is 4. The van der Waals surface area contributed by atoms with Gasteiger partial charge < -0.3 is 5.32 Å². The summed E-state index contributed by atoms with van der Waals surface area (Å²) in [6.45, 7) is 9.28. The Morgan fingerprint density at radius 3 is 2.50 bits per heavy atom. The van der Waals surface area contributed by atoms with E-state index in [-0.39, 0.29) is 29.1 Å². The van der Waals surface area contributed by atoms with E-state index < -0.39 is 0 Å². The van der Waals surface area contributed by atoms with Crippen LogP contribution in [0.25, 0.3) is 0 Å². The second-order valence-electron chi connectivity index (χ2n) is 5.79. The minimum Gasteiger partial charge on any atom is -0.352 e. The molecule has 0 radical (unpaired) electrons. The molecule has 1 unspecified atom stereocenters. The third kappa shape index (κ3) is 5.44. The van der Waals surface area contributed by atoms with Crippen LogP contribution >= 0.6 is 0 Å². The Bertz CT molecular complexity index is 517. The van der Waals surface area contributed by atoms with E-state index in [1.807, 2.05) is 18.7 Å². The first-order valence-corrected chi connectivity index (χ1v) is 7.59. The van der Waals surface area contributed by atoms with Crippen LogP contribution in [0.15, 0.2) is 24.3 Å². The molecule has 1 aromatic carbocycles. The van der Waals surface area contributed by atoms with Crippen LogP contribution < -0.4 is 5.32 Å². The molecule has 0 aliphatic rings. The number of nitrogens with zero attached hydrogens (tertiary/aromatic N) is 2. The van der Waals surface area contributed by atoms with Crippen LogP contribution in [-0.2, 0) is 11.3 Å². The molecule has 0 fully saturated rings. The van der Waals surface area contributed by atoms with Crippen LogP contribution in [0, 0.1) is 16.0 Å². The number of nitrogens with one attached hydrogen (secondary N) is 1. The van der Waals surface area contributed by atoms with Gasteiger partial charge in [-0.25, -0.2) is 0 Å². The molecule has 22 heavy (non-hydrogen) atoms. The molecule has 1 N–H and O–H groups in total. The smallest absolute Gasteiger partial charge is 0.273 e. The molecule has 1 atom stereocenters. The van der Waals surface area contributed by atoms with E-state index in [1.165, 1.54) is 6.07 Å². The Balaban J connectivity index is 2.70. The minimum atomic E-state index is -0.385. The summed E-state index contributed by atoms with van der Waals surface area (Å²) in [5.41, 5.74) is 0.718. The molecular formula is C16H25N3O3. The Hall–Kier alpha value is -1.95. The fourth-order valence-corrected chi connectivity index (χ4v) is 2.01. The van der Waals surface area contributed by atoms with E-state index in [9.17, 15) is 14.9 Å². The average molecular weight is 307 g/mol. The number of amides is 1. The predicted octanol–water partition coefficient (Wildman–Crippen LogP) is 2.58. The number of hydrogen-bond donors (Lipinski definition) is 1. The van der Waals surface area contributed by atoms with E-state index in [1.54, 1.807) is 18.2 Å². The highest BCUT2D eigenvalue weighted by atomic mass is 16.6. The maximum atomic E-state index is 12.0. The van der Waals surface area contributed by atoms with Crippen molar-refractivity contribution < 1.29 is 9.72 Å². The molecule has 0 aliphatic carbocycles. The summed E-state index contributed by atoms with van der Waals surface area (Å²) in [6, 6.07) is 6.75. The maximum absolute atomic E-state index is 12.0. The number of likely N-dealkylation sites (N-methyl/N-ethyl adjacent to an activating group) is 1. The summed E-state index contributed by atoms with van der Waals surface area (Å²) in [4.78, 5) is 24.6. The van der Waals surface area contributed by atoms with Crippen LogP contribution in [0.2, 0.25) is 0 Å². The SMILES string of the molecule is CCN(CC(=O)NC(C)C(C)C)Cc1ccccc1[N+](=O)[O-]. The van der Waals surface area contributed by atoms with E-state index in [2.05, 4.69) is 19.2 Å². The number of rotatable bonds is 8. The van der Waals surface area contributed by atoms with Crippen molar-refractivity contribution in [3.63, 3.8) is 0 Å². The summed E-state index contributed by atoms with van der Waals surface area (Å²) in [7, 11) is 0. The summed E-state index contributed by atoms with van der Waals surface area (Å²) in [5.74, 6) is 0.316. The van der Waals surface area contributed by atoms with E-state index in [4.69, 9.17) is 0 Å². The maximum Gasteiger partial charge on any atom is 0.273 e. The van der Waals surface area contributed by atoms with Crippen LogP contribution in [0.3, 0.4) is 0 Å². The number of carbonyl (C=O) groups is 1. The molecule has 0 spiro atoms. The lowest BCUT2D eigenvalue weighted by molar-refractivity contribution is -0.385. The van der Waals surface area contributed by atoms with Gasteiger partial charge in [-0.2, -0.15) is 0 Å². The Morgan fingerprint density at radius 2 is 1.95 bits per heavy atom. The molecule has 122 valence electrons. The Morgan fingerprint density at radius 1 is 1.32 bits per heavy atom. The molecule has 0 saturated carbocycles. The highest BCUT2D eigenvalue weighted by Gasteiger charge is 2.18. The number of nitro benzene ring substituents is 1. The molecule has 1 aromatic rings. The molecule has 6 nitrogen and oxygen atoms in total. The van der Waals surface area contributed by atoms with Crippen molar-refractivity contribution in [2.45, 2.75) is 40.3 Å². The lowest BCUT2D eigenvalue weighted by Crippen LogP contribution is -2.42. The number of benzene rings is 1. The zero-order valence-corrected chi connectivity index (χ0v) is 13.7. The summed E-state index contributed by atoms with van der Waals surface area (Å²) < 4.78 is 0. The van der Waals surface area contributed by atoms with E-state index in [0.29, 0.717) is 24.6 Å². The van der Waals surface area contributed by atoms with Gasteiger partial charge in [0.2, 0.25) is 5.91 Å². The van der Waals surface area contributed by atoms with Gasteiger partial charge in [0, 0.05) is 24.2 Å². The van der Waals surface area contributed by atoms with Crippen LogP contribution in [0.1, 0.15) is 33.3 Å². The molecule has 0 saturated heterocycles. The lowest BCUT2D eigenvalue weighted by atomic mass is 10.1. The Kier molecular flexibility index (Phi) is 6.98. The van der Waals surface area contributed by atoms with Gasteiger partial charge in [0.25, 0.3) is 5.69 Å². The largest absolute Gasteiger partial charge is 0.352 e. The third-order valence-corrected chi connectivity index (χ3v) is 3.79. The second kappa shape index (κ2) is 8.48. The van der Waals surface area contributed by atoms with Gasteiger partial charge in [0.1, 0.15) is 0 Å². The van der Waals surface area contributed by atoms with E-state index in [0.717, 1.165) is 0 Å². The van der Waals surface area contributed by atoms with Crippen molar-refractivity contribution >= 4 is 11.6 Å².